The maximum Gasteiger partial charge on any atom is 0.436 e. The molecule has 0 spiro atoms. The number of phenolic OH excluding ortho intramolecular Hbond substituents is 2. The highest BCUT2D eigenvalue weighted by Gasteiger charge is 2.54. The minimum atomic E-state index is -1.09. The zero-order valence-electron chi connectivity index (χ0n) is 27.2. The van der Waals surface area contributed by atoms with E-state index in [4.69, 9.17) is 9.57 Å². The molecule has 0 aliphatic carbocycles. The Hall–Kier alpha value is -5.09. The molecular weight excluding hydrogens is 610 g/mol. The lowest BCUT2D eigenvalue weighted by Gasteiger charge is -2.53. The van der Waals surface area contributed by atoms with Gasteiger partial charge in [-0.15, -0.1) is 0 Å². The van der Waals surface area contributed by atoms with E-state index in [0.29, 0.717) is 25.8 Å². The van der Waals surface area contributed by atoms with Crippen molar-refractivity contribution >= 4 is 28.7 Å². The molecule has 1 unspecified atom stereocenters. The van der Waals surface area contributed by atoms with Crippen LogP contribution in [-0.2, 0) is 38.4 Å². The second-order valence-electron chi connectivity index (χ2n) is 12.6. The predicted molar refractivity (Wildman–Crippen MR) is 180 cm³/mol. The molecule has 0 aromatic heterocycles. The molecule has 10 heteroatoms. The van der Waals surface area contributed by atoms with Gasteiger partial charge in [-0.25, -0.2) is 4.79 Å². The van der Waals surface area contributed by atoms with Gasteiger partial charge in [-0.3, -0.25) is 14.4 Å². The molecule has 4 aromatic rings. The number of carbonyl (C=O) groups is 3. The SMILES string of the molecule is CC[C@H](C)[C@H]1C(=O)N(CCc2cccc3ccccc23)CC2N(C(=O)OCCc3ccc(O)cc3)O[C@H](Cc3ccc(O)cc3)C(=O)N21. The summed E-state index contributed by atoms with van der Waals surface area (Å²) in [5.41, 5.74) is 2.71. The summed E-state index contributed by atoms with van der Waals surface area (Å²) in [7, 11) is 0. The zero-order valence-corrected chi connectivity index (χ0v) is 27.2. The predicted octanol–water partition coefficient (Wildman–Crippen LogP) is 5.44. The number of hydroxylamine groups is 2. The minimum absolute atomic E-state index is 0.0469. The van der Waals surface area contributed by atoms with Crippen LogP contribution in [0.15, 0.2) is 91.0 Å². The summed E-state index contributed by atoms with van der Waals surface area (Å²) in [6.45, 7) is 4.45. The van der Waals surface area contributed by atoms with Gasteiger partial charge in [0.15, 0.2) is 12.3 Å². The van der Waals surface area contributed by atoms with Crippen molar-refractivity contribution in [2.45, 2.75) is 57.8 Å². The van der Waals surface area contributed by atoms with Gasteiger partial charge in [0.1, 0.15) is 17.5 Å². The molecule has 2 aliphatic heterocycles. The van der Waals surface area contributed by atoms with Gasteiger partial charge in [-0.2, -0.15) is 5.06 Å². The van der Waals surface area contributed by atoms with Crippen LogP contribution in [0.1, 0.15) is 37.0 Å². The van der Waals surface area contributed by atoms with Gasteiger partial charge >= 0.3 is 6.09 Å². The first-order chi connectivity index (χ1) is 23.2. The van der Waals surface area contributed by atoms with Gasteiger partial charge in [0.05, 0.1) is 13.2 Å². The fourth-order valence-corrected chi connectivity index (χ4v) is 6.58. The summed E-state index contributed by atoms with van der Waals surface area (Å²) in [4.78, 5) is 51.7. The Labute approximate surface area is 280 Å². The first-order valence-electron chi connectivity index (χ1n) is 16.5. The number of nitrogens with zero attached hydrogens (tertiary/aromatic N) is 3. The molecule has 6 rings (SSSR count). The molecule has 2 saturated heterocycles. The molecule has 48 heavy (non-hydrogen) atoms. The fourth-order valence-electron chi connectivity index (χ4n) is 6.58. The molecule has 2 N–H and O–H groups in total. The molecule has 0 bridgehead atoms. The summed E-state index contributed by atoms with van der Waals surface area (Å²) < 4.78 is 5.70. The van der Waals surface area contributed by atoms with Crippen molar-refractivity contribution in [2.75, 3.05) is 19.7 Å². The summed E-state index contributed by atoms with van der Waals surface area (Å²) in [6, 6.07) is 26.6. The lowest BCUT2D eigenvalue weighted by molar-refractivity contribution is -0.268. The molecule has 2 heterocycles. The van der Waals surface area contributed by atoms with Crippen molar-refractivity contribution in [3.05, 3.63) is 108 Å². The standard InChI is InChI=1S/C38H41N3O7/c1-3-25(2)35-37(45)39(21-19-29-9-6-8-28-7-4-5-10-32(28)29)24-34-40(35)36(44)33(23-27-13-17-31(43)18-14-27)48-41(34)38(46)47-22-20-26-11-15-30(42)16-12-26/h4-18,25,33-35,42-43H,3,19-24H2,1-2H3/t25-,33+,34?,35-/m0/s1. The van der Waals surface area contributed by atoms with E-state index < -0.39 is 24.4 Å². The Kier molecular flexibility index (Phi) is 9.82. The Morgan fingerprint density at radius 3 is 2.25 bits per heavy atom. The summed E-state index contributed by atoms with van der Waals surface area (Å²) in [5, 5.41) is 22.8. The number of hydrogen-bond donors (Lipinski definition) is 2. The van der Waals surface area contributed by atoms with Crippen molar-refractivity contribution in [3.63, 3.8) is 0 Å². The topological polar surface area (TPSA) is 120 Å². The van der Waals surface area contributed by atoms with Crippen LogP contribution in [0.2, 0.25) is 0 Å². The summed E-state index contributed by atoms with van der Waals surface area (Å²) in [6.07, 6.45) is -0.942. The Morgan fingerprint density at radius 2 is 1.54 bits per heavy atom. The lowest BCUT2D eigenvalue weighted by Crippen LogP contribution is -2.74. The molecule has 250 valence electrons. The highest BCUT2D eigenvalue weighted by atomic mass is 16.7. The minimum Gasteiger partial charge on any atom is -0.508 e. The second-order valence-corrected chi connectivity index (χ2v) is 12.6. The number of hydrogen-bond acceptors (Lipinski definition) is 7. The van der Waals surface area contributed by atoms with E-state index in [1.807, 2.05) is 32.0 Å². The molecular formula is C38H41N3O7. The van der Waals surface area contributed by atoms with E-state index in [-0.39, 0.29) is 48.8 Å². The molecule has 2 aliphatic rings. The van der Waals surface area contributed by atoms with Gasteiger partial charge in [-0.05, 0) is 64.1 Å². The number of ether oxygens (including phenoxy) is 1. The second kappa shape index (κ2) is 14.4. The number of aromatic hydroxyl groups is 2. The van der Waals surface area contributed by atoms with Crippen molar-refractivity contribution in [3.8, 4) is 11.5 Å². The third kappa shape index (κ3) is 6.94. The van der Waals surface area contributed by atoms with Crippen LogP contribution in [0.4, 0.5) is 4.79 Å². The van der Waals surface area contributed by atoms with Crippen molar-refractivity contribution in [1.29, 1.82) is 0 Å². The van der Waals surface area contributed by atoms with E-state index in [2.05, 4.69) is 24.3 Å². The highest BCUT2D eigenvalue weighted by Crippen LogP contribution is 2.33. The molecule has 2 fully saturated rings. The number of benzene rings is 4. The quantitative estimate of drug-likeness (QED) is 0.234. The largest absolute Gasteiger partial charge is 0.508 e. The summed E-state index contributed by atoms with van der Waals surface area (Å²) >= 11 is 0. The lowest BCUT2D eigenvalue weighted by atomic mass is 9.91. The van der Waals surface area contributed by atoms with Gasteiger partial charge in [0, 0.05) is 19.4 Å². The maximum absolute atomic E-state index is 14.3. The van der Waals surface area contributed by atoms with E-state index in [9.17, 15) is 24.6 Å². The number of carbonyl (C=O) groups excluding carboxylic acids is 3. The van der Waals surface area contributed by atoms with E-state index in [1.54, 1.807) is 46.2 Å². The summed E-state index contributed by atoms with van der Waals surface area (Å²) in [5.74, 6) is -0.469. The van der Waals surface area contributed by atoms with E-state index >= 15 is 0 Å². The van der Waals surface area contributed by atoms with Crippen molar-refractivity contribution in [2.24, 2.45) is 5.92 Å². The Bertz CT molecular complexity index is 1760. The number of phenols is 2. The fraction of sp³-hybridized carbons (Fsp3) is 0.342. The van der Waals surface area contributed by atoms with Crippen LogP contribution in [-0.4, -0.2) is 81.0 Å². The zero-order chi connectivity index (χ0) is 33.8. The number of fused-ring (bicyclic) bond motifs is 2. The first kappa shape index (κ1) is 32.8. The van der Waals surface area contributed by atoms with Crippen LogP contribution < -0.4 is 0 Å². The average molecular weight is 652 g/mol. The smallest absolute Gasteiger partial charge is 0.436 e. The van der Waals surface area contributed by atoms with Gasteiger partial charge < -0.3 is 24.7 Å². The molecule has 3 amide bonds. The average Bonchev–Trinajstić information content (AvgIpc) is 3.10. The van der Waals surface area contributed by atoms with Crippen molar-refractivity contribution in [1.82, 2.24) is 14.9 Å². The van der Waals surface area contributed by atoms with Crippen LogP contribution >= 0.6 is 0 Å². The third-order valence-electron chi connectivity index (χ3n) is 9.41. The van der Waals surface area contributed by atoms with Crippen LogP contribution in [0.5, 0.6) is 11.5 Å². The van der Waals surface area contributed by atoms with Gasteiger partial charge in [-0.1, -0.05) is 87.0 Å². The first-order valence-corrected chi connectivity index (χ1v) is 16.5. The van der Waals surface area contributed by atoms with Crippen LogP contribution in [0, 0.1) is 5.92 Å². The number of amides is 3. The van der Waals surface area contributed by atoms with Crippen molar-refractivity contribution < 1.29 is 34.2 Å². The Morgan fingerprint density at radius 1 is 0.875 bits per heavy atom. The van der Waals surface area contributed by atoms with Gasteiger partial charge in [0.2, 0.25) is 5.91 Å². The molecule has 0 radical (unpaired) electrons. The molecule has 4 aromatic carbocycles. The Balaban J connectivity index is 1.28. The molecule has 0 saturated carbocycles. The van der Waals surface area contributed by atoms with E-state index in [0.717, 1.165) is 32.5 Å². The molecule has 4 atom stereocenters. The normalized spacial score (nSPS) is 20.1. The number of piperazine rings is 1. The van der Waals surface area contributed by atoms with E-state index in [1.165, 1.54) is 12.1 Å². The molecule has 10 nitrogen and oxygen atoms in total. The monoisotopic (exact) mass is 651 g/mol. The van der Waals surface area contributed by atoms with Crippen LogP contribution in [0.25, 0.3) is 10.8 Å². The van der Waals surface area contributed by atoms with Gasteiger partial charge in [0.25, 0.3) is 5.91 Å². The maximum atomic E-state index is 14.3. The van der Waals surface area contributed by atoms with Crippen LogP contribution in [0.3, 0.4) is 0 Å². The number of rotatable bonds is 10. The highest BCUT2D eigenvalue weighted by molar-refractivity contribution is 5.92. The third-order valence-corrected chi connectivity index (χ3v) is 9.41.